The molecule has 0 saturated carbocycles. The molecule has 0 aliphatic carbocycles. The molecule has 0 amide bonds. The van der Waals surface area contributed by atoms with Gasteiger partial charge in [0.05, 0.1) is 0 Å². The number of hydrogen-bond donors (Lipinski definition) is 0. The Labute approximate surface area is 61.1 Å². The van der Waals surface area contributed by atoms with E-state index in [9.17, 15) is 0 Å². The average molecular weight is 133 g/mol. The first-order valence-electron chi connectivity index (χ1n) is 3.76. The van der Waals surface area contributed by atoms with Crippen molar-refractivity contribution in [3.63, 3.8) is 0 Å². The van der Waals surface area contributed by atoms with Gasteiger partial charge < -0.3 is 4.90 Å². The minimum atomic E-state index is 1.25. The normalized spacial score (nSPS) is 6.67. The predicted molar refractivity (Wildman–Crippen MR) is 46.9 cm³/mol. The van der Waals surface area contributed by atoms with Crippen LogP contribution in [0, 0.1) is 0 Å². The van der Waals surface area contributed by atoms with Crippen LogP contribution in [0.5, 0.6) is 0 Å². The Hall–Kier alpha value is -0.0400. The molecule has 0 N–H and O–H groups in total. The monoisotopic (exact) mass is 133 g/mol. The number of hydrogen-bond acceptors (Lipinski definition) is 1. The molecule has 0 aliphatic heterocycles. The number of nitrogens with zero attached hydrogens (tertiary/aromatic N) is 1. The van der Waals surface area contributed by atoms with Crippen LogP contribution in [-0.4, -0.2) is 26.0 Å². The van der Waals surface area contributed by atoms with Gasteiger partial charge in [0.25, 0.3) is 0 Å². The molecule has 0 spiro atoms. The van der Waals surface area contributed by atoms with E-state index < -0.39 is 0 Å². The highest BCUT2D eigenvalue weighted by Crippen LogP contribution is 1.56. The molecular weight excluding hydrogens is 110 g/mol. The van der Waals surface area contributed by atoms with Crippen molar-refractivity contribution in [2.75, 3.05) is 21.1 Å². The van der Waals surface area contributed by atoms with Gasteiger partial charge in [-0.2, -0.15) is 0 Å². The second kappa shape index (κ2) is 24.6. The molecule has 1 heteroatoms. The maximum Gasteiger partial charge on any atom is -0.0140 e. The predicted octanol–water partition coefficient (Wildman–Crippen LogP) is 2.62. The Morgan fingerprint density at radius 2 is 0.889 bits per heavy atom. The van der Waals surface area contributed by atoms with E-state index in [1.54, 1.807) is 0 Å². The van der Waals surface area contributed by atoms with Gasteiger partial charge >= 0.3 is 0 Å². The minimum Gasteiger partial charge on any atom is -0.312 e. The van der Waals surface area contributed by atoms with Crippen LogP contribution in [0.25, 0.3) is 0 Å². The quantitative estimate of drug-likeness (QED) is 0.491. The van der Waals surface area contributed by atoms with Crippen LogP contribution in [0.15, 0.2) is 0 Å². The first-order valence-corrected chi connectivity index (χ1v) is 3.76. The van der Waals surface area contributed by atoms with E-state index in [-0.39, 0.29) is 0 Å². The Morgan fingerprint density at radius 3 is 0.889 bits per heavy atom. The van der Waals surface area contributed by atoms with Gasteiger partial charge in [-0.3, -0.25) is 0 Å². The van der Waals surface area contributed by atoms with Gasteiger partial charge in [0.2, 0.25) is 0 Å². The van der Waals surface area contributed by atoms with Gasteiger partial charge in [-0.1, -0.05) is 34.1 Å². The molecule has 0 rings (SSSR count). The van der Waals surface area contributed by atoms with Crippen molar-refractivity contribution in [1.82, 2.24) is 4.90 Å². The van der Waals surface area contributed by atoms with Gasteiger partial charge in [0.1, 0.15) is 0 Å². The summed E-state index contributed by atoms with van der Waals surface area (Å²) in [6.07, 6.45) is 1.25. The molecule has 0 radical (unpaired) electrons. The Morgan fingerprint density at radius 1 is 0.889 bits per heavy atom. The van der Waals surface area contributed by atoms with Crippen molar-refractivity contribution < 1.29 is 0 Å². The Kier molecular flexibility index (Phi) is 43.7. The molecule has 0 heterocycles. The lowest BCUT2D eigenvalue weighted by Crippen LogP contribution is -1.99. The van der Waals surface area contributed by atoms with Gasteiger partial charge in [-0.15, -0.1) is 0 Å². The van der Waals surface area contributed by atoms with E-state index in [2.05, 4.69) is 13.8 Å². The fourth-order valence-corrected chi connectivity index (χ4v) is 0. The summed E-state index contributed by atoms with van der Waals surface area (Å²) in [4.78, 5) is 2.00. The lowest BCUT2D eigenvalue weighted by Gasteiger charge is -1.90. The van der Waals surface area contributed by atoms with Crippen molar-refractivity contribution >= 4 is 0 Å². The van der Waals surface area contributed by atoms with Crippen molar-refractivity contribution in [2.45, 2.75) is 34.1 Å². The lowest BCUT2D eigenvalue weighted by atomic mass is 10.6. The molecule has 0 aromatic carbocycles. The average Bonchev–Trinajstić information content (AvgIpc) is 1.71. The van der Waals surface area contributed by atoms with Crippen LogP contribution in [0.1, 0.15) is 34.1 Å². The summed E-state index contributed by atoms with van der Waals surface area (Å²) in [5, 5.41) is 0. The molecule has 9 heavy (non-hydrogen) atoms. The fraction of sp³-hybridized carbons (Fsp3) is 1.00. The zero-order valence-corrected chi connectivity index (χ0v) is 8.15. The van der Waals surface area contributed by atoms with Crippen LogP contribution in [0.4, 0.5) is 0 Å². The van der Waals surface area contributed by atoms with Gasteiger partial charge in [0, 0.05) is 0 Å². The second-order valence-corrected chi connectivity index (χ2v) is 2.05. The smallest absolute Gasteiger partial charge is 0.0140 e. The van der Waals surface area contributed by atoms with Crippen molar-refractivity contribution in [3.8, 4) is 0 Å². The third kappa shape index (κ3) is 177000. The van der Waals surface area contributed by atoms with E-state index >= 15 is 0 Å². The molecule has 0 fully saturated rings. The van der Waals surface area contributed by atoms with E-state index in [0.717, 1.165) is 0 Å². The van der Waals surface area contributed by atoms with E-state index in [0.29, 0.717) is 0 Å². The summed E-state index contributed by atoms with van der Waals surface area (Å²) in [6, 6.07) is 0. The summed E-state index contributed by atoms with van der Waals surface area (Å²) in [7, 11) is 6.00. The highest BCUT2D eigenvalue weighted by atomic mass is 15.0. The van der Waals surface area contributed by atoms with Crippen LogP contribution in [0.3, 0.4) is 0 Å². The standard InChI is InChI=1S/C3H9N.C3H8.C2H6/c1-4(2)3;1-3-2;1-2/h1-3H3;3H2,1-2H3;1-2H3. The molecule has 0 aromatic heterocycles. The topological polar surface area (TPSA) is 3.24 Å². The molecule has 1 nitrogen and oxygen atoms in total. The van der Waals surface area contributed by atoms with Crippen LogP contribution in [0.2, 0.25) is 0 Å². The molecule has 0 saturated heterocycles. The molecule has 0 atom stereocenters. The van der Waals surface area contributed by atoms with Crippen LogP contribution >= 0.6 is 0 Å². The molecule has 0 aliphatic rings. The first-order chi connectivity index (χ1) is 4.15. The minimum absolute atomic E-state index is 1.25. The highest BCUT2D eigenvalue weighted by Gasteiger charge is 1.58. The fourth-order valence-electron chi connectivity index (χ4n) is 0. The Balaban J connectivity index is -0.0000000646. The van der Waals surface area contributed by atoms with E-state index in [1.165, 1.54) is 6.42 Å². The van der Waals surface area contributed by atoms with Crippen LogP contribution in [-0.2, 0) is 0 Å². The Bertz CT molecular complexity index is 15.8. The maximum atomic E-state index is 2.12. The summed E-state index contributed by atoms with van der Waals surface area (Å²) in [6.45, 7) is 8.25. The van der Waals surface area contributed by atoms with Crippen molar-refractivity contribution in [3.05, 3.63) is 0 Å². The van der Waals surface area contributed by atoms with Gasteiger partial charge in [-0.25, -0.2) is 0 Å². The second-order valence-electron chi connectivity index (χ2n) is 2.05. The third-order valence-electron chi connectivity index (χ3n) is 0. The summed E-state index contributed by atoms with van der Waals surface area (Å²) in [5.74, 6) is 0. The highest BCUT2D eigenvalue weighted by molar-refractivity contribution is 4.09. The largest absolute Gasteiger partial charge is 0.312 e. The van der Waals surface area contributed by atoms with Gasteiger partial charge in [0.15, 0.2) is 0 Å². The van der Waals surface area contributed by atoms with Crippen molar-refractivity contribution in [2.24, 2.45) is 0 Å². The first kappa shape index (κ1) is 16.0. The molecule has 60 valence electrons. The molecule has 0 bridgehead atoms. The third-order valence-corrected chi connectivity index (χ3v) is 0. The summed E-state index contributed by atoms with van der Waals surface area (Å²) >= 11 is 0. The molecule has 0 aromatic rings. The zero-order valence-electron chi connectivity index (χ0n) is 8.15. The summed E-state index contributed by atoms with van der Waals surface area (Å²) < 4.78 is 0. The van der Waals surface area contributed by atoms with Gasteiger partial charge in [-0.05, 0) is 21.1 Å². The van der Waals surface area contributed by atoms with E-state index in [1.807, 2.05) is 39.9 Å². The summed E-state index contributed by atoms with van der Waals surface area (Å²) in [5.41, 5.74) is 0. The zero-order chi connectivity index (χ0) is 8.28. The van der Waals surface area contributed by atoms with Crippen molar-refractivity contribution in [1.29, 1.82) is 0 Å². The lowest BCUT2D eigenvalue weighted by molar-refractivity contribution is 0.505. The van der Waals surface area contributed by atoms with Crippen LogP contribution < -0.4 is 0 Å². The maximum absolute atomic E-state index is 2.12. The molecule has 0 unspecified atom stereocenters. The van der Waals surface area contributed by atoms with E-state index in [4.69, 9.17) is 0 Å². The molecular formula is C8H23N. The SMILES string of the molecule is CC.CCC.CN(C)C. The number of rotatable bonds is 0.